The third-order valence-electron chi connectivity index (χ3n) is 2.95. The van der Waals surface area contributed by atoms with Gasteiger partial charge in [-0.25, -0.2) is 9.97 Å². The molecule has 1 N–H and O–H groups in total. The van der Waals surface area contributed by atoms with Crippen LogP contribution in [0.3, 0.4) is 0 Å². The Balaban J connectivity index is 2.42. The molecule has 3 nitrogen and oxygen atoms in total. The van der Waals surface area contributed by atoms with Crippen LogP contribution in [-0.2, 0) is 5.75 Å². The Kier molecular flexibility index (Phi) is 4.06. The number of fused-ring (bicyclic) bond motifs is 1. The van der Waals surface area contributed by atoms with Crippen LogP contribution in [0, 0.1) is 13.8 Å². The lowest BCUT2D eigenvalue weighted by Gasteiger charge is -2.17. The van der Waals surface area contributed by atoms with Crippen molar-refractivity contribution in [1.82, 2.24) is 9.97 Å². The summed E-state index contributed by atoms with van der Waals surface area (Å²) in [5.41, 5.74) is 1.29. The van der Waals surface area contributed by atoms with Gasteiger partial charge in [0.2, 0.25) is 0 Å². The highest BCUT2D eigenvalue weighted by atomic mass is 32.2. The lowest BCUT2D eigenvalue weighted by molar-refractivity contribution is 0.800. The predicted octanol–water partition coefficient (Wildman–Crippen LogP) is 4.38. The van der Waals surface area contributed by atoms with Gasteiger partial charge in [0.25, 0.3) is 0 Å². The lowest BCUT2D eigenvalue weighted by Crippen LogP contribution is -2.09. The monoisotopic (exact) mass is 295 g/mol. The number of aromatic nitrogens is 2. The van der Waals surface area contributed by atoms with Crippen molar-refractivity contribution in [2.24, 2.45) is 0 Å². The molecule has 2 aromatic heterocycles. The van der Waals surface area contributed by atoms with Crippen LogP contribution in [0.2, 0.25) is 0 Å². The van der Waals surface area contributed by atoms with Crippen molar-refractivity contribution in [3.05, 3.63) is 16.3 Å². The van der Waals surface area contributed by atoms with Gasteiger partial charge >= 0.3 is 0 Å². The maximum absolute atomic E-state index is 4.72. The van der Waals surface area contributed by atoms with Crippen LogP contribution in [-0.4, -0.2) is 21.8 Å². The van der Waals surface area contributed by atoms with E-state index in [9.17, 15) is 0 Å². The fraction of sp³-hybridized carbons (Fsp3) is 0.571. The van der Waals surface area contributed by atoms with Gasteiger partial charge in [-0.15, -0.1) is 23.1 Å². The largest absolute Gasteiger partial charge is 0.372 e. The summed E-state index contributed by atoms with van der Waals surface area (Å²) in [6.07, 6.45) is 0. The van der Waals surface area contributed by atoms with Crippen molar-refractivity contribution in [3.8, 4) is 0 Å². The molecular weight excluding hydrogens is 274 g/mol. The number of nitrogens with one attached hydrogen (secondary N) is 1. The molecule has 0 aliphatic rings. The normalized spacial score (nSPS) is 12.1. The zero-order chi connectivity index (χ0) is 14.2. The molecule has 2 aromatic rings. The van der Waals surface area contributed by atoms with Crippen molar-refractivity contribution in [2.75, 3.05) is 12.4 Å². The van der Waals surface area contributed by atoms with Gasteiger partial charge < -0.3 is 5.32 Å². The summed E-state index contributed by atoms with van der Waals surface area (Å²) in [5.74, 6) is 2.72. The molecule has 0 aromatic carbocycles. The fourth-order valence-electron chi connectivity index (χ4n) is 1.82. The molecule has 0 radical (unpaired) electrons. The molecule has 0 fully saturated rings. The number of rotatable bonds is 3. The number of thioether (sulfide) groups is 1. The lowest BCUT2D eigenvalue weighted by atomic mass is 10.2. The van der Waals surface area contributed by atoms with Gasteiger partial charge in [-0.2, -0.15) is 0 Å². The average Bonchev–Trinajstić information content (AvgIpc) is 2.61. The molecule has 0 spiro atoms. The Morgan fingerprint density at radius 1 is 1.21 bits per heavy atom. The highest BCUT2D eigenvalue weighted by molar-refractivity contribution is 7.99. The van der Waals surface area contributed by atoms with Crippen molar-refractivity contribution >= 4 is 39.1 Å². The number of hydrogen-bond donors (Lipinski definition) is 1. The van der Waals surface area contributed by atoms with E-state index in [1.165, 1.54) is 15.8 Å². The number of nitrogens with zero attached hydrogens (tertiary/aromatic N) is 2. The van der Waals surface area contributed by atoms with Gasteiger partial charge in [0.05, 0.1) is 11.1 Å². The SMILES string of the molecule is CNc1nc(CSC(C)(C)C)nc2sc(C)c(C)c12. The second-order valence-electron chi connectivity index (χ2n) is 5.60. The number of thiophene rings is 1. The predicted molar refractivity (Wildman–Crippen MR) is 87.5 cm³/mol. The van der Waals surface area contributed by atoms with Crippen molar-refractivity contribution in [2.45, 2.75) is 45.1 Å². The Labute approximate surface area is 123 Å². The van der Waals surface area contributed by atoms with E-state index < -0.39 is 0 Å². The third-order valence-corrected chi connectivity index (χ3v) is 5.32. The molecule has 19 heavy (non-hydrogen) atoms. The van der Waals surface area contributed by atoms with Gasteiger partial charge in [0.15, 0.2) is 0 Å². The fourth-order valence-corrected chi connectivity index (χ4v) is 3.56. The van der Waals surface area contributed by atoms with Crippen molar-refractivity contribution in [3.63, 3.8) is 0 Å². The van der Waals surface area contributed by atoms with E-state index in [-0.39, 0.29) is 4.75 Å². The minimum Gasteiger partial charge on any atom is -0.372 e. The minimum atomic E-state index is 0.236. The molecule has 0 bridgehead atoms. The molecule has 2 heterocycles. The highest BCUT2D eigenvalue weighted by Crippen LogP contribution is 2.34. The molecule has 0 unspecified atom stereocenters. The van der Waals surface area contributed by atoms with Crippen LogP contribution >= 0.6 is 23.1 Å². The Bertz CT molecular complexity index is 597. The summed E-state index contributed by atoms with van der Waals surface area (Å²) in [6.45, 7) is 10.9. The topological polar surface area (TPSA) is 37.8 Å². The molecular formula is C14H21N3S2. The molecule has 0 aliphatic heterocycles. The van der Waals surface area contributed by atoms with Crippen LogP contribution in [0.1, 0.15) is 37.0 Å². The van der Waals surface area contributed by atoms with Gasteiger partial charge in [-0.3, -0.25) is 0 Å². The first kappa shape index (κ1) is 14.6. The molecule has 0 saturated heterocycles. The second kappa shape index (κ2) is 5.29. The summed E-state index contributed by atoms with van der Waals surface area (Å²) < 4.78 is 0.236. The van der Waals surface area contributed by atoms with Crippen molar-refractivity contribution in [1.29, 1.82) is 0 Å². The van der Waals surface area contributed by atoms with E-state index in [0.29, 0.717) is 0 Å². The summed E-state index contributed by atoms with van der Waals surface area (Å²) in [5, 5.41) is 4.38. The van der Waals surface area contributed by atoms with Gasteiger partial charge in [0, 0.05) is 16.7 Å². The number of anilines is 1. The minimum absolute atomic E-state index is 0.236. The van der Waals surface area contributed by atoms with E-state index in [1.54, 1.807) is 11.3 Å². The molecule has 0 atom stereocenters. The first-order valence-electron chi connectivity index (χ1n) is 6.40. The number of aryl methyl sites for hydroxylation is 2. The summed E-state index contributed by atoms with van der Waals surface area (Å²) in [6, 6.07) is 0. The maximum Gasteiger partial charge on any atom is 0.142 e. The highest BCUT2D eigenvalue weighted by Gasteiger charge is 2.16. The zero-order valence-corrected chi connectivity index (χ0v) is 14.1. The summed E-state index contributed by atoms with van der Waals surface area (Å²) in [7, 11) is 1.93. The standard InChI is InChI=1S/C14H21N3S2/c1-8-9(2)19-13-11(8)12(15-6)16-10(17-13)7-18-14(3,4)5/h7H2,1-6H3,(H,15,16,17). The van der Waals surface area contributed by atoms with E-state index >= 15 is 0 Å². The van der Waals surface area contributed by atoms with Gasteiger partial charge in [-0.05, 0) is 19.4 Å². The van der Waals surface area contributed by atoms with Crippen LogP contribution in [0.5, 0.6) is 0 Å². The van der Waals surface area contributed by atoms with Gasteiger partial charge in [0.1, 0.15) is 16.5 Å². The first-order valence-corrected chi connectivity index (χ1v) is 8.20. The van der Waals surface area contributed by atoms with E-state index in [1.807, 2.05) is 18.8 Å². The summed E-state index contributed by atoms with van der Waals surface area (Å²) in [4.78, 5) is 11.8. The van der Waals surface area contributed by atoms with Gasteiger partial charge in [-0.1, -0.05) is 20.8 Å². The van der Waals surface area contributed by atoms with Crippen LogP contribution in [0.25, 0.3) is 10.2 Å². The number of hydrogen-bond acceptors (Lipinski definition) is 5. The third kappa shape index (κ3) is 3.20. The van der Waals surface area contributed by atoms with E-state index in [2.05, 4.69) is 44.9 Å². The zero-order valence-electron chi connectivity index (χ0n) is 12.4. The Morgan fingerprint density at radius 3 is 2.47 bits per heavy atom. The first-order chi connectivity index (χ1) is 8.81. The van der Waals surface area contributed by atoms with E-state index in [4.69, 9.17) is 4.98 Å². The molecule has 0 aliphatic carbocycles. The summed E-state index contributed by atoms with van der Waals surface area (Å²) >= 11 is 3.63. The molecule has 0 saturated carbocycles. The molecule has 104 valence electrons. The smallest absolute Gasteiger partial charge is 0.142 e. The Morgan fingerprint density at radius 2 is 1.89 bits per heavy atom. The molecule has 2 rings (SSSR count). The second-order valence-corrected chi connectivity index (χ2v) is 8.61. The Hall–Kier alpha value is -0.810. The maximum atomic E-state index is 4.72. The van der Waals surface area contributed by atoms with Crippen molar-refractivity contribution < 1.29 is 0 Å². The average molecular weight is 295 g/mol. The molecule has 5 heteroatoms. The molecule has 0 amide bonds. The van der Waals surface area contributed by atoms with Crippen LogP contribution in [0.4, 0.5) is 5.82 Å². The van der Waals surface area contributed by atoms with E-state index in [0.717, 1.165) is 22.2 Å². The quantitative estimate of drug-likeness (QED) is 0.912. The van der Waals surface area contributed by atoms with Crippen LogP contribution < -0.4 is 5.32 Å². The van der Waals surface area contributed by atoms with Crippen LogP contribution in [0.15, 0.2) is 0 Å².